The van der Waals surface area contributed by atoms with Crippen LogP contribution in [0.15, 0.2) is 0 Å². The van der Waals surface area contributed by atoms with Gasteiger partial charge in [-0.1, -0.05) is 0 Å². The van der Waals surface area contributed by atoms with E-state index in [1.807, 2.05) is 6.92 Å². The maximum atomic E-state index is 5.08. The minimum Gasteiger partial charge on any atom is -0.467 e. The van der Waals surface area contributed by atoms with Crippen molar-refractivity contribution in [1.29, 1.82) is 0 Å². The topological polar surface area (TPSA) is 75.2 Å². The van der Waals surface area contributed by atoms with Gasteiger partial charge in [0.15, 0.2) is 0 Å². The number of aromatic nitrogens is 3. The van der Waals surface area contributed by atoms with Crippen LogP contribution in [0.5, 0.6) is 6.01 Å². The highest BCUT2D eigenvalue weighted by Crippen LogP contribution is 2.10. The van der Waals surface area contributed by atoms with Crippen molar-refractivity contribution in [2.45, 2.75) is 39.7 Å². The molecule has 0 aliphatic rings. The second-order valence-electron chi connectivity index (χ2n) is 5.21. The average molecular weight is 296 g/mol. The van der Waals surface area contributed by atoms with E-state index in [1.165, 1.54) is 0 Å². The highest BCUT2D eigenvalue weighted by molar-refractivity contribution is 5.35. The van der Waals surface area contributed by atoms with Crippen LogP contribution >= 0.6 is 0 Å². The van der Waals surface area contributed by atoms with Crippen LogP contribution < -0.4 is 15.4 Å². The summed E-state index contributed by atoms with van der Waals surface area (Å²) in [5, 5.41) is 6.28. The Labute approximate surface area is 127 Å². The van der Waals surface area contributed by atoms with E-state index in [9.17, 15) is 0 Å². The van der Waals surface area contributed by atoms with Gasteiger partial charge in [-0.05, 0) is 47.2 Å². The number of hydrogen-bond acceptors (Lipinski definition) is 7. The smallest absolute Gasteiger partial charge is 0.322 e. The van der Waals surface area contributed by atoms with Gasteiger partial charge < -0.3 is 20.3 Å². The number of methoxy groups -OCH3 is 1. The summed E-state index contributed by atoms with van der Waals surface area (Å²) in [7, 11) is 3.70. The normalized spacial score (nSPS) is 11.0. The van der Waals surface area contributed by atoms with Gasteiger partial charge >= 0.3 is 6.01 Å². The molecule has 0 fully saturated rings. The first-order valence-corrected chi connectivity index (χ1v) is 7.54. The van der Waals surface area contributed by atoms with Crippen molar-refractivity contribution >= 4 is 11.9 Å². The largest absolute Gasteiger partial charge is 0.467 e. The van der Waals surface area contributed by atoms with Gasteiger partial charge in [0.2, 0.25) is 11.9 Å². The summed E-state index contributed by atoms with van der Waals surface area (Å²) in [5.74, 6) is 1.08. The van der Waals surface area contributed by atoms with Crippen LogP contribution in [0.2, 0.25) is 0 Å². The Hall–Kier alpha value is -1.63. The van der Waals surface area contributed by atoms with Crippen molar-refractivity contribution in [2.24, 2.45) is 0 Å². The third-order valence-corrected chi connectivity index (χ3v) is 3.23. The molecule has 21 heavy (non-hydrogen) atoms. The van der Waals surface area contributed by atoms with E-state index in [0.29, 0.717) is 23.9 Å². The molecular weight excluding hydrogens is 268 g/mol. The van der Waals surface area contributed by atoms with E-state index in [1.54, 1.807) is 7.11 Å². The molecule has 0 aromatic carbocycles. The second-order valence-corrected chi connectivity index (χ2v) is 5.21. The van der Waals surface area contributed by atoms with Crippen LogP contribution in [-0.4, -0.2) is 59.7 Å². The molecule has 0 amide bonds. The molecule has 0 aliphatic carbocycles. The zero-order chi connectivity index (χ0) is 15.7. The van der Waals surface area contributed by atoms with Crippen molar-refractivity contribution in [3.8, 4) is 6.01 Å². The van der Waals surface area contributed by atoms with Gasteiger partial charge in [-0.15, -0.1) is 0 Å². The summed E-state index contributed by atoms with van der Waals surface area (Å²) < 4.78 is 5.08. The van der Waals surface area contributed by atoms with E-state index < -0.39 is 0 Å². The Morgan fingerprint density at radius 2 is 1.76 bits per heavy atom. The molecule has 120 valence electrons. The molecule has 0 bridgehead atoms. The first-order valence-electron chi connectivity index (χ1n) is 7.54. The van der Waals surface area contributed by atoms with Crippen LogP contribution in [0.25, 0.3) is 0 Å². The van der Waals surface area contributed by atoms with E-state index in [0.717, 1.165) is 32.5 Å². The Balaban J connectivity index is 2.39. The molecule has 7 heteroatoms. The fourth-order valence-electron chi connectivity index (χ4n) is 1.71. The van der Waals surface area contributed by atoms with Crippen molar-refractivity contribution in [3.05, 3.63) is 0 Å². The summed E-state index contributed by atoms with van der Waals surface area (Å²) >= 11 is 0. The molecule has 0 radical (unpaired) electrons. The maximum Gasteiger partial charge on any atom is 0.322 e. The lowest BCUT2D eigenvalue weighted by molar-refractivity contribution is 0.269. The van der Waals surface area contributed by atoms with Gasteiger partial charge in [0, 0.05) is 19.1 Å². The van der Waals surface area contributed by atoms with Gasteiger partial charge in [0.05, 0.1) is 7.11 Å². The first kappa shape index (κ1) is 17.4. The highest BCUT2D eigenvalue weighted by Gasteiger charge is 2.06. The molecule has 1 rings (SSSR count). The van der Waals surface area contributed by atoms with Crippen molar-refractivity contribution in [2.75, 3.05) is 44.4 Å². The molecule has 7 nitrogen and oxygen atoms in total. The quantitative estimate of drug-likeness (QED) is 0.638. The Morgan fingerprint density at radius 1 is 1.10 bits per heavy atom. The third kappa shape index (κ3) is 6.57. The minimum atomic E-state index is 0.322. The number of ether oxygens (including phenoxy) is 1. The number of unbranched alkanes of at least 4 members (excludes halogenated alkanes) is 1. The summed E-state index contributed by atoms with van der Waals surface area (Å²) in [6.45, 7) is 9.10. The number of nitrogens with one attached hydrogen (secondary N) is 2. The molecule has 1 heterocycles. The molecule has 2 N–H and O–H groups in total. The molecule has 0 atom stereocenters. The molecule has 0 saturated carbocycles. The fraction of sp³-hybridized carbons (Fsp3) is 0.786. The Kier molecular flexibility index (Phi) is 7.74. The predicted molar refractivity (Wildman–Crippen MR) is 86.0 cm³/mol. The monoisotopic (exact) mass is 296 g/mol. The van der Waals surface area contributed by atoms with Crippen LogP contribution in [0, 0.1) is 0 Å². The molecule has 0 aliphatic heterocycles. The maximum absolute atomic E-state index is 5.08. The zero-order valence-corrected chi connectivity index (χ0v) is 13.8. The summed E-state index contributed by atoms with van der Waals surface area (Å²) in [4.78, 5) is 15.0. The van der Waals surface area contributed by atoms with Gasteiger partial charge in [0.25, 0.3) is 0 Å². The van der Waals surface area contributed by atoms with E-state index in [4.69, 9.17) is 4.74 Å². The standard InChI is InChI=1S/C14H28N6O/c1-6-15-12-17-13(19-14(18-12)21-5)16-9-7-8-10-20(4)11(2)3/h11H,6-10H2,1-5H3,(H2,15,16,17,18,19). The van der Waals surface area contributed by atoms with Crippen LogP contribution in [0.1, 0.15) is 33.6 Å². The number of nitrogens with zero attached hydrogens (tertiary/aromatic N) is 4. The lowest BCUT2D eigenvalue weighted by Crippen LogP contribution is -2.27. The van der Waals surface area contributed by atoms with Gasteiger partial charge in [0.1, 0.15) is 0 Å². The highest BCUT2D eigenvalue weighted by atomic mass is 16.5. The number of hydrogen-bond donors (Lipinski definition) is 2. The minimum absolute atomic E-state index is 0.322. The lowest BCUT2D eigenvalue weighted by atomic mass is 10.2. The van der Waals surface area contributed by atoms with Gasteiger partial charge in [-0.2, -0.15) is 15.0 Å². The molecule has 0 saturated heterocycles. The van der Waals surface area contributed by atoms with Crippen molar-refractivity contribution < 1.29 is 4.74 Å². The molecule has 0 unspecified atom stereocenters. The predicted octanol–water partition coefficient (Wildman–Crippen LogP) is 1.84. The van der Waals surface area contributed by atoms with E-state index in [2.05, 4.69) is 51.4 Å². The zero-order valence-electron chi connectivity index (χ0n) is 13.8. The first-order chi connectivity index (χ1) is 10.1. The Bertz CT molecular complexity index is 412. The molecular formula is C14H28N6O. The number of rotatable bonds is 10. The summed E-state index contributed by atoms with van der Waals surface area (Å²) in [5.41, 5.74) is 0. The lowest BCUT2D eigenvalue weighted by Gasteiger charge is -2.20. The van der Waals surface area contributed by atoms with Crippen molar-refractivity contribution in [3.63, 3.8) is 0 Å². The summed E-state index contributed by atoms with van der Waals surface area (Å²) in [6, 6.07) is 0.913. The SMILES string of the molecule is CCNc1nc(NCCCCN(C)C(C)C)nc(OC)n1. The van der Waals surface area contributed by atoms with Gasteiger partial charge in [-0.3, -0.25) is 0 Å². The fourth-order valence-corrected chi connectivity index (χ4v) is 1.71. The third-order valence-electron chi connectivity index (χ3n) is 3.23. The van der Waals surface area contributed by atoms with E-state index >= 15 is 0 Å². The van der Waals surface area contributed by atoms with Crippen LogP contribution in [0.3, 0.4) is 0 Å². The van der Waals surface area contributed by atoms with Gasteiger partial charge in [-0.25, -0.2) is 0 Å². The Morgan fingerprint density at radius 3 is 2.33 bits per heavy atom. The molecule has 1 aromatic heterocycles. The molecule has 0 spiro atoms. The van der Waals surface area contributed by atoms with E-state index in [-0.39, 0.29) is 0 Å². The van der Waals surface area contributed by atoms with Crippen LogP contribution in [-0.2, 0) is 0 Å². The van der Waals surface area contributed by atoms with Crippen molar-refractivity contribution in [1.82, 2.24) is 19.9 Å². The average Bonchev–Trinajstić information content (AvgIpc) is 2.46. The van der Waals surface area contributed by atoms with Crippen LogP contribution in [0.4, 0.5) is 11.9 Å². The number of anilines is 2. The molecule has 1 aromatic rings. The summed E-state index contributed by atoms with van der Waals surface area (Å²) in [6.07, 6.45) is 2.21. The second kappa shape index (κ2) is 9.33.